The van der Waals surface area contributed by atoms with Crippen molar-refractivity contribution in [2.24, 2.45) is 17.8 Å². The van der Waals surface area contributed by atoms with Gasteiger partial charge in [-0.05, 0) is 68.9 Å². The first-order chi connectivity index (χ1) is 13.5. The van der Waals surface area contributed by atoms with Crippen molar-refractivity contribution in [2.45, 2.75) is 87.2 Å². The smallest absolute Gasteiger partial charge is 0.291 e. The minimum Gasteiger partial charge on any atom is -0.472 e. The topological polar surface area (TPSA) is 105 Å². The van der Waals surface area contributed by atoms with Crippen molar-refractivity contribution < 1.29 is 24.3 Å². The van der Waals surface area contributed by atoms with E-state index in [9.17, 15) is 15.0 Å². The summed E-state index contributed by atoms with van der Waals surface area (Å²) in [7, 11) is 0. The number of aromatic nitrogens is 1. The van der Waals surface area contributed by atoms with Crippen LogP contribution in [0.15, 0.2) is 9.42 Å². The molecule has 4 aliphatic rings. The first-order valence-electron chi connectivity index (χ1n) is 10.6. The number of nitrogens with zero attached hydrogens (tertiary/aromatic N) is 1. The van der Waals surface area contributed by atoms with Gasteiger partial charge in [0.15, 0.2) is 0 Å². The molecule has 2 unspecified atom stereocenters. The summed E-state index contributed by atoms with van der Waals surface area (Å²) < 4.78 is 11.0. The lowest BCUT2D eigenvalue weighted by molar-refractivity contribution is -0.137. The lowest BCUT2D eigenvalue weighted by atomic mass is 9.52. The summed E-state index contributed by atoms with van der Waals surface area (Å²) in [4.78, 5) is 13.7. The van der Waals surface area contributed by atoms with Crippen molar-refractivity contribution in [3.05, 3.63) is 5.76 Å². The average Bonchev–Trinajstić information content (AvgIpc) is 2.96. The Hall–Kier alpha value is -1.25. The highest BCUT2D eigenvalue weighted by Crippen LogP contribution is 2.55. The molecule has 3 N–H and O–H groups in total. The zero-order valence-electron chi connectivity index (χ0n) is 17.6. The molecule has 1 aromatic heterocycles. The fourth-order valence-corrected chi connectivity index (χ4v) is 6.43. The zero-order valence-corrected chi connectivity index (χ0v) is 18.4. The van der Waals surface area contributed by atoms with Crippen LogP contribution >= 0.6 is 11.8 Å². The zero-order chi connectivity index (χ0) is 21.0. The second-order valence-corrected chi connectivity index (χ2v) is 11.7. The second-order valence-electron chi connectivity index (χ2n) is 10.1. The van der Waals surface area contributed by atoms with E-state index in [0.717, 1.165) is 32.1 Å². The predicted molar refractivity (Wildman–Crippen MR) is 109 cm³/mol. The average molecular weight is 425 g/mol. The van der Waals surface area contributed by atoms with Crippen LogP contribution < -0.4 is 10.1 Å². The highest BCUT2D eigenvalue weighted by molar-refractivity contribution is 8.00. The van der Waals surface area contributed by atoms with E-state index in [4.69, 9.17) is 9.26 Å². The molecule has 4 aliphatic carbocycles. The number of hydrogen-bond donors (Lipinski definition) is 3. The van der Waals surface area contributed by atoms with Crippen LogP contribution in [-0.2, 0) is 0 Å². The quantitative estimate of drug-likeness (QED) is 0.578. The predicted octanol–water partition coefficient (Wildman–Crippen LogP) is 2.99. The Morgan fingerprint density at radius 1 is 1.34 bits per heavy atom. The molecule has 7 nitrogen and oxygen atoms in total. The molecule has 0 aromatic carbocycles. The molecule has 0 spiro atoms. The van der Waals surface area contributed by atoms with Gasteiger partial charge in [0, 0.05) is 11.3 Å². The van der Waals surface area contributed by atoms with Crippen molar-refractivity contribution in [1.29, 1.82) is 0 Å². The van der Waals surface area contributed by atoms with Crippen LogP contribution in [0.1, 0.15) is 70.4 Å². The van der Waals surface area contributed by atoms with Gasteiger partial charge < -0.3 is 24.8 Å². The van der Waals surface area contributed by atoms with Gasteiger partial charge in [0.25, 0.3) is 11.8 Å². The van der Waals surface area contributed by atoms with Gasteiger partial charge in [-0.15, -0.1) is 11.8 Å². The van der Waals surface area contributed by atoms with Crippen LogP contribution in [-0.4, -0.2) is 50.4 Å². The number of amides is 1. The Bertz CT molecular complexity index is 756. The molecule has 162 valence electrons. The van der Waals surface area contributed by atoms with Crippen LogP contribution in [0.2, 0.25) is 0 Å². The lowest BCUT2D eigenvalue weighted by Crippen LogP contribution is -2.61. The molecule has 0 aliphatic heterocycles. The molecule has 4 fully saturated rings. The summed E-state index contributed by atoms with van der Waals surface area (Å²) in [5, 5.41) is 28.1. The van der Waals surface area contributed by atoms with Crippen LogP contribution in [0, 0.1) is 17.8 Å². The van der Waals surface area contributed by atoms with E-state index in [2.05, 4.69) is 10.5 Å². The van der Waals surface area contributed by atoms with E-state index >= 15 is 0 Å². The summed E-state index contributed by atoms with van der Waals surface area (Å²) in [5.74, 6) is 1.38. The molecule has 8 heteroatoms. The SMILES string of the molecule is CC(C)Sc1c(OCC(C)(C)O)noc1C(=O)NC1C2CC3CC1CC(O)(C3)C2. The highest BCUT2D eigenvalue weighted by Gasteiger charge is 2.55. The van der Waals surface area contributed by atoms with Gasteiger partial charge in [-0.2, -0.15) is 0 Å². The first-order valence-corrected chi connectivity index (χ1v) is 11.5. The largest absolute Gasteiger partial charge is 0.472 e. The van der Waals surface area contributed by atoms with E-state index in [0.29, 0.717) is 22.6 Å². The van der Waals surface area contributed by atoms with Crippen molar-refractivity contribution in [2.75, 3.05) is 6.61 Å². The minimum absolute atomic E-state index is 0.0546. The molecule has 1 amide bonds. The summed E-state index contributed by atoms with van der Waals surface area (Å²) in [6, 6.07) is 0.0714. The van der Waals surface area contributed by atoms with Crippen LogP contribution in [0.3, 0.4) is 0 Å². The number of thioether (sulfide) groups is 1. The Labute approximate surface area is 175 Å². The van der Waals surface area contributed by atoms with Gasteiger partial charge in [0.1, 0.15) is 11.5 Å². The van der Waals surface area contributed by atoms with Gasteiger partial charge >= 0.3 is 0 Å². The number of ether oxygens (including phenoxy) is 1. The number of rotatable bonds is 7. The fraction of sp³-hybridized carbons (Fsp3) is 0.810. The fourth-order valence-electron chi connectivity index (χ4n) is 5.52. The van der Waals surface area contributed by atoms with Crippen LogP contribution in [0.25, 0.3) is 0 Å². The van der Waals surface area contributed by atoms with E-state index in [1.54, 1.807) is 13.8 Å². The number of aliphatic hydroxyl groups is 2. The van der Waals surface area contributed by atoms with E-state index in [1.807, 2.05) is 13.8 Å². The Balaban J connectivity index is 1.50. The standard InChI is InChI=1S/C21H32N2O5S/c1-11(2)29-17-16(28-23-19(17)27-10-20(3,4)25)18(24)22-15-13-5-12-6-14(15)9-21(26,7-12)8-13/h11-15,25-26H,5-10H2,1-4H3,(H,22,24). The second kappa shape index (κ2) is 7.46. The van der Waals surface area contributed by atoms with Gasteiger partial charge in [-0.3, -0.25) is 4.79 Å². The lowest BCUT2D eigenvalue weighted by Gasteiger charge is -2.58. The van der Waals surface area contributed by atoms with Crippen molar-refractivity contribution in [3.63, 3.8) is 0 Å². The number of nitrogens with one attached hydrogen (secondary N) is 1. The van der Waals surface area contributed by atoms with E-state index < -0.39 is 11.2 Å². The maximum absolute atomic E-state index is 13.1. The molecule has 4 bridgehead atoms. The van der Waals surface area contributed by atoms with E-state index in [-0.39, 0.29) is 35.4 Å². The Morgan fingerprint density at radius 3 is 2.55 bits per heavy atom. The van der Waals surface area contributed by atoms with Gasteiger partial charge in [0.05, 0.1) is 11.2 Å². The summed E-state index contributed by atoms with van der Waals surface area (Å²) in [6.45, 7) is 7.40. The maximum Gasteiger partial charge on any atom is 0.291 e. The molecule has 0 radical (unpaired) electrons. The first kappa shape index (κ1) is 21.0. The third kappa shape index (κ3) is 4.44. The van der Waals surface area contributed by atoms with Gasteiger partial charge in [0.2, 0.25) is 5.76 Å². The highest BCUT2D eigenvalue weighted by atomic mass is 32.2. The van der Waals surface area contributed by atoms with Crippen LogP contribution in [0.4, 0.5) is 0 Å². The molecule has 1 heterocycles. The molecule has 2 atom stereocenters. The number of carbonyl (C=O) groups excluding carboxylic acids is 1. The molecule has 5 rings (SSSR count). The van der Waals surface area contributed by atoms with Crippen molar-refractivity contribution >= 4 is 17.7 Å². The minimum atomic E-state index is -1.01. The van der Waals surface area contributed by atoms with Crippen molar-refractivity contribution in [1.82, 2.24) is 10.5 Å². The summed E-state index contributed by atoms with van der Waals surface area (Å²) in [6.07, 6.45) is 4.62. The number of hydrogen-bond acceptors (Lipinski definition) is 7. The maximum atomic E-state index is 13.1. The molecule has 0 saturated heterocycles. The van der Waals surface area contributed by atoms with Gasteiger partial charge in [-0.1, -0.05) is 13.8 Å². The van der Waals surface area contributed by atoms with E-state index in [1.165, 1.54) is 11.8 Å². The number of carbonyl (C=O) groups is 1. The molecule has 4 saturated carbocycles. The third-order valence-corrected chi connectivity index (χ3v) is 7.35. The molecular formula is C21H32N2O5S. The van der Waals surface area contributed by atoms with Crippen LogP contribution in [0.5, 0.6) is 5.88 Å². The normalized spacial score (nSPS) is 33.3. The Kier molecular flexibility index (Phi) is 5.40. The van der Waals surface area contributed by atoms with Gasteiger partial charge in [-0.25, -0.2) is 0 Å². The molecule has 1 aromatic rings. The molecular weight excluding hydrogens is 392 g/mol. The van der Waals surface area contributed by atoms with Crippen molar-refractivity contribution in [3.8, 4) is 5.88 Å². The summed E-state index contributed by atoms with van der Waals surface area (Å²) >= 11 is 1.46. The Morgan fingerprint density at radius 2 is 2.00 bits per heavy atom. The summed E-state index contributed by atoms with van der Waals surface area (Å²) in [5.41, 5.74) is -1.54. The third-order valence-electron chi connectivity index (χ3n) is 6.28. The monoisotopic (exact) mass is 424 g/mol. The molecule has 29 heavy (non-hydrogen) atoms.